The van der Waals surface area contributed by atoms with E-state index in [0.29, 0.717) is 4.99 Å². The molecule has 0 saturated heterocycles. The fourth-order valence-electron chi connectivity index (χ4n) is 1.10. The lowest BCUT2D eigenvalue weighted by atomic mass is 10.2. The molecule has 0 aliphatic carbocycles. The Morgan fingerprint density at radius 3 is 2.69 bits per heavy atom. The maximum Gasteiger partial charge on any atom is 0.105 e. The van der Waals surface area contributed by atoms with Gasteiger partial charge < -0.3 is 5.73 Å². The van der Waals surface area contributed by atoms with E-state index in [1.807, 2.05) is 17.5 Å². The lowest BCUT2D eigenvalue weighted by Crippen LogP contribution is -2.08. The summed E-state index contributed by atoms with van der Waals surface area (Å²) in [5.74, 6) is 0. The van der Waals surface area contributed by atoms with Crippen LogP contribution in [0.4, 0.5) is 0 Å². The molecule has 0 radical (unpaired) electrons. The molecule has 0 aromatic carbocycles. The highest BCUT2D eigenvalue weighted by Crippen LogP contribution is 2.32. The molecule has 0 aliphatic heterocycles. The predicted octanol–water partition coefficient (Wildman–Crippen LogP) is 3.11. The Hall–Kier alpha value is -0.710. The summed E-state index contributed by atoms with van der Waals surface area (Å²) in [7, 11) is 0. The summed E-state index contributed by atoms with van der Waals surface area (Å²) in [6, 6.07) is 6.09. The smallest absolute Gasteiger partial charge is 0.105 e. The van der Waals surface area contributed by atoms with Gasteiger partial charge in [0.25, 0.3) is 0 Å². The first-order valence-electron chi connectivity index (χ1n) is 3.70. The first kappa shape index (κ1) is 8.87. The second-order valence-corrected chi connectivity index (χ2v) is 4.81. The van der Waals surface area contributed by atoms with E-state index in [2.05, 4.69) is 11.4 Å². The van der Waals surface area contributed by atoms with Gasteiger partial charge in [-0.15, -0.1) is 22.7 Å². The van der Waals surface area contributed by atoms with Crippen molar-refractivity contribution >= 4 is 39.9 Å². The highest BCUT2D eigenvalue weighted by atomic mass is 32.1. The van der Waals surface area contributed by atoms with Crippen LogP contribution in [0.25, 0.3) is 9.75 Å². The molecule has 2 rings (SSSR count). The molecule has 1 nitrogen and oxygen atoms in total. The number of rotatable bonds is 2. The molecule has 4 heteroatoms. The summed E-state index contributed by atoms with van der Waals surface area (Å²) >= 11 is 8.35. The lowest BCUT2D eigenvalue weighted by molar-refractivity contribution is 1.73. The molecule has 0 unspecified atom stereocenters. The van der Waals surface area contributed by atoms with Crippen LogP contribution in [0.3, 0.4) is 0 Å². The zero-order chi connectivity index (χ0) is 9.26. The van der Waals surface area contributed by atoms with Crippen LogP contribution < -0.4 is 5.73 Å². The van der Waals surface area contributed by atoms with E-state index in [4.69, 9.17) is 18.0 Å². The van der Waals surface area contributed by atoms with E-state index in [9.17, 15) is 0 Å². The summed E-state index contributed by atoms with van der Waals surface area (Å²) in [5.41, 5.74) is 6.60. The van der Waals surface area contributed by atoms with Gasteiger partial charge >= 0.3 is 0 Å². The number of nitrogens with two attached hydrogens (primary N) is 1. The largest absolute Gasteiger partial charge is 0.389 e. The Labute approximate surface area is 89.8 Å². The highest BCUT2D eigenvalue weighted by molar-refractivity contribution is 7.80. The number of thiocarbonyl (C=S) groups is 1. The fourth-order valence-corrected chi connectivity index (χ4v) is 3.13. The van der Waals surface area contributed by atoms with E-state index in [0.717, 1.165) is 5.56 Å². The molecule has 2 aromatic heterocycles. The van der Waals surface area contributed by atoms with Gasteiger partial charge in [0.1, 0.15) is 4.99 Å². The van der Waals surface area contributed by atoms with Gasteiger partial charge in [0, 0.05) is 10.4 Å². The van der Waals surface area contributed by atoms with Gasteiger partial charge in [-0.3, -0.25) is 0 Å². The van der Waals surface area contributed by atoms with Crippen molar-refractivity contribution in [1.82, 2.24) is 0 Å². The second-order valence-electron chi connectivity index (χ2n) is 2.50. The van der Waals surface area contributed by atoms with Crippen molar-refractivity contribution in [1.29, 1.82) is 0 Å². The van der Waals surface area contributed by atoms with Crippen LogP contribution in [-0.4, -0.2) is 4.99 Å². The highest BCUT2D eigenvalue weighted by Gasteiger charge is 2.08. The minimum atomic E-state index is 0.477. The van der Waals surface area contributed by atoms with E-state index in [-0.39, 0.29) is 0 Å². The SMILES string of the molecule is NC(=S)c1ccsc1-c1cccs1. The quantitative estimate of drug-likeness (QED) is 0.795. The minimum Gasteiger partial charge on any atom is -0.389 e. The summed E-state index contributed by atoms with van der Waals surface area (Å²) in [4.78, 5) is 2.89. The molecule has 0 spiro atoms. The number of hydrogen-bond acceptors (Lipinski definition) is 3. The van der Waals surface area contributed by atoms with Crippen molar-refractivity contribution in [3.05, 3.63) is 34.5 Å². The van der Waals surface area contributed by atoms with Gasteiger partial charge in [-0.2, -0.15) is 0 Å². The zero-order valence-electron chi connectivity index (χ0n) is 6.69. The fraction of sp³-hybridized carbons (Fsp3) is 0. The molecule has 0 saturated carbocycles. The first-order chi connectivity index (χ1) is 6.29. The first-order valence-corrected chi connectivity index (χ1v) is 5.87. The predicted molar refractivity (Wildman–Crippen MR) is 63.5 cm³/mol. The molecule has 0 amide bonds. The maximum atomic E-state index is 5.61. The average Bonchev–Trinajstić information content (AvgIpc) is 2.74. The van der Waals surface area contributed by atoms with Gasteiger partial charge in [-0.1, -0.05) is 18.3 Å². The summed E-state index contributed by atoms with van der Waals surface area (Å²) in [6.07, 6.45) is 0. The van der Waals surface area contributed by atoms with Gasteiger partial charge in [-0.05, 0) is 22.9 Å². The molecular weight excluding hydrogens is 218 g/mol. The molecule has 66 valence electrons. The van der Waals surface area contributed by atoms with Crippen LogP contribution in [0.15, 0.2) is 29.0 Å². The molecule has 13 heavy (non-hydrogen) atoms. The molecule has 0 aliphatic rings. The van der Waals surface area contributed by atoms with Crippen LogP contribution in [0, 0.1) is 0 Å². The third kappa shape index (κ3) is 1.65. The Bertz CT molecular complexity index is 414. The van der Waals surface area contributed by atoms with Crippen molar-refractivity contribution in [2.45, 2.75) is 0 Å². The number of thiophene rings is 2. The third-order valence-electron chi connectivity index (χ3n) is 1.68. The van der Waals surface area contributed by atoms with Crippen LogP contribution in [0.2, 0.25) is 0 Å². The number of hydrogen-bond donors (Lipinski definition) is 1. The van der Waals surface area contributed by atoms with Crippen LogP contribution >= 0.6 is 34.9 Å². The van der Waals surface area contributed by atoms with E-state index < -0.39 is 0 Å². The van der Waals surface area contributed by atoms with Crippen LogP contribution in [0.5, 0.6) is 0 Å². The van der Waals surface area contributed by atoms with Gasteiger partial charge in [0.15, 0.2) is 0 Å². The van der Waals surface area contributed by atoms with Crippen molar-refractivity contribution in [3.63, 3.8) is 0 Å². The van der Waals surface area contributed by atoms with Crippen molar-refractivity contribution in [3.8, 4) is 9.75 Å². The lowest BCUT2D eigenvalue weighted by Gasteiger charge is -1.97. The maximum absolute atomic E-state index is 5.61. The second kappa shape index (κ2) is 3.57. The molecular formula is C9H7NS3. The minimum absolute atomic E-state index is 0.477. The average molecular weight is 225 g/mol. The molecule has 0 atom stereocenters. The molecule has 0 fully saturated rings. The Kier molecular flexibility index (Phi) is 2.44. The molecule has 0 bridgehead atoms. The molecule has 2 N–H and O–H groups in total. The van der Waals surface area contributed by atoms with E-state index >= 15 is 0 Å². The van der Waals surface area contributed by atoms with E-state index in [1.165, 1.54) is 9.75 Å². The van der Waals surface area contributed by atoms with E-state index in [1.54, 1.807) is 22.7 Å². The monoisotopic (exact) mass is 225 g/mol. The van der Waals surface area contributed by atoms with Gasteiger partial charge in [0.2, 0.25) is 0 Å². The zero-order valence-corrected chi connectivity index (χ0v) is 9.14. The van der Waals surface area contributed by atoms with Crippen molar-refractivity contribution in [2.24, 2.45) is 5.73 Å². The topological polar surface area (TPSA) is 26.0 Å². The van der Waals surface area contributed by atoms with Crippen LogP contribution in [-0.2, 0) is 0 Å². The summed E-state index contributed by atoms with van der Waals surface area (Å²) < 4.78 is 0. The van der Waals surface area contributed by atoms with Crippen LogP contribution in [0.1, 0.15) is 5.56 Å². The third-order valence-corrected chi connectivity index (χ3v) is 3.86. The Morgan fingerprint density at radius 1 is 1.23 bits per heavy atom. The molecule has 2 aromatic rings. The van der Waals surface area contributed by atoms with Gasteiger partial charge in [-0.25, -0.2) is 0 Å². The molecule has 2 heterocycles. The summed E-state index contributed by atoms with van der Waals surface area (Å²) in [6.45, 7) is 0. The van der Waals surface area contributed by atoms with Crippen molar-refractivity contribution in [2.75, 3.05) is 0 Å². The van der Waals surface area contributed by atoms with Gasteiger partial charge in [0.05, 0.1) is 4.88 Å². The Morgan fingerprint density at radius 2 is 2.08 bits per heavy atom. The standard InChI is InChI=1S/C9H7NS3/c10-9(11)6-3-5-13-8(6)7-2-1-4-12-7/h1-5H,(H2,10,11). The normalized spacial score (nSPS) is 10.2. The van der Waals surface area contributed by atoms with Crippen molar-refractivity contribution < 1.29 is 0 Å². The Balaban J connectivity index is 2.52. The summed E-state index contributed by atoms with van der Waals surface area (Å²) in [5, 5.41) is 4.07.